The van der Waals surface area contributed by atoms with Gasteiger partial charge in [-0.05, 0) is 43.3 Å². The summed E-state index contributed by atoms with van der Waals surface area (Å²) in [4.78, 5) is 23.5. The van der Waals surface area contributed by atoms with E-state index in [0.29, 0.717) is 12.2 Å². The molecule has 1 N–H and O–H groups in total. The summed E-state index contributed by atoms with van der Waals surface area (Å²) in [5.74, 6) is -0.131. The molecule has 0 aliphatic rings. The summed E-state index contributed by atoms with van der Waals surface area (Å²) < 4.78 is 0. The third kappa shape index (κ3) is 3.55. The number of hydrogen-bond acceptors (Lipinski definition) is 4. The third-order valence-corrected chi connectivity index (χ3v) is 4.52. The van der Waals surface area contributed by atoms with E-state index < -0.39 is 0 Å². The number of anilines is 3. The SMILES string of the molecule is CCN(C(=O)c1cc(Nc2cccc3cccnc23)ccn1)c1ccccc1. The third-order valence-electron chi connectivity index (χ3n) is 4.52. The van der Waals surface area contributed by atoms with E-state index in [1.54, 1.807) is 23.4 Å². The minimum atomic E-state index is -0.131. The molecule has 1 amide bonds. The van der Waals surface area contributed by atoms with Crippen molar-refractivity contribution in [3.8, 4) is 0 Å². The fraction of sp³-hybridized carbons (Fsp3) is 0.0870. The van der Waals surface area contributed by atoms with E-state index in [9.17, 15) is 4.79 Å². The van der Waals surface area contributed by atoms with E-state index in [1.807, 2.05) is 73.7 Å². The lowest BCUT2D eigenvalue weighted by Crippen LogP contribution is -2.31. The van der Waals surface area contributed by atoms with E-state index in [1.165, 1.54) is 0 Å². The molecule has 0 bridgehead atoms. The Hall–Kier alpha value is -3.73. The molecular weight excluding hydrogens is 348 g/mol. The lowest BCUT2D eigenvalue weighted by molar-refractivity contribution is 0.0983. The van der Waals surface area contributed by atoms with Gasteiger partial charge in [0.25, 0.3) is 5.91 Å². The number of rotatable bonds is 5. The summed E-state index contributed by atoms with van der Waals surface area (Å²) >= 11 is 0. The fourth-order valence-electron chi connectivity index (χ4n) is 3.18. The molecule has 4 aromatic rings. The molecule has 138 valence electrons. The number of amides is 1. The van der Waals surface area contributed by atoms with Gasteiger partial charge >= 0.3 is 0 Å². The molecule has 0 radical (unpaired) electrons. The second-order valence-corrected chi connectivity index (χ2v) is 6.32. The van der Waals surface area contributed by atoms with Gasteiger partial charge in [-0.2, -0.15) is 0 Å². The largest absolute Gasteiger partial charge is 0.354 e. The zero-order chi connectivity index (χ0) is 19.3. The zero-order valence-corrected chi connectivity index (χ0v) is 15.5. The average molecular weight is 368 g/mol. The Labute approximate surface area is 163 Å². The summed E-state index contributed by atoms with van der Waals surface area (Å²) in [6, 6.07) is 23.1. The van der Waals surface area contributed by atoms with Crippen LogP contribution in [0.1, 0.15) is 17.4 Å². The van der Waals surface area contributed by atoms with Gasteiger partial charge in [0.1, 0.15) is 5.69 Å². The highest BCUT2D eigenvalue weighted by molar-refractivity contribution is 6.05. The van der Waals surface area contributed by atoms with Crippen molar-refractivity contribution in [1.29, 1.82) is 0 Å². The number of hydrogen-bond donors (Lipinski definition) is 1. The second-order valence-electron chi connectivity index (χ2n) is 6.32. The van der Waals surface area contributed by atoms with Crippen LogP contribution in [-0.2, 0) is 0 Å². The molecule has 0 fully saturated rings. The Kier molecular flexibility index (Phi) is 4.97. The van der Waals surface area contributed by atoms with Gasteiger partial charge in [-0.1, -0.05) is 36.4 Å². The van der Waals surface area contributed by atoms with Gasteiger partial charge in [0.2, 0.25) is 0 Å². The summed E-state index contributed by atoms with van der Waals surface area (Å²) in [7, 11) is 0. The molecule has 2 aromatic carbocycles. The maximum Gasteiger partial charge on any atom is 0.276 e. The summed E-state index contributed by atoms with van der Waals surface area (Å²) in [6.07, 6.45) is 3.42. The van der Waals surface area contributed by atoms with E-state index >= 15 is 0 Å². The molecule has 0 aliphatic carbocycles. The van der Waals surface area contributed by atoms with Crippen LogP contribution in [0, 0.1) is 0 Å². The Morgan fingerprint density at radius 3 is 2.57 bits per heavy atom. The molecule has 0 aliphatic heterocycles. The van der Waals surface area contributed by atoms with Crippen molar-refractivity contribution < 1.29 is 4.79 Å². The molecule has 0 spiro atoms. The first kappa shape index (κ1) is 17.7. The highest BCUT2D eigenvalue weighted by Crippen LogP contribution is 2.25. The molecule has 0 unspecified atom stereocenters. The number of carbonyl (C=O) groups is 1. The molecule has 5 heteroatoms. The monoisotopic (exact) mass is 368 g/mol. The molecule has 4 rings (SSSR count). The first-order valence-electron chi connectivity index (χ1n) is 9.20. The lowest BCUT2D eigenvalue weighted by atomic mass is 10.2. The molecule has 5 nitrogen and oxygen atoms in total. The predicted molar refractivity (Wildman–Crippen MR) is 113 cm³/mol. The van der Waals surface area contributed by atoms with Crippen molar-refractivity contribution in [3.63, 3.8) is 0 Å². The highest BCUT2D eigenvalue weighted by Gasteiger charge is 2.17. The van der Waals surface area contributed by atoms with Crippen LogP contribution >= 0.6 is 0 Å². The van der Waals surface area contributed by atoms with Crippen molar-refractivity contribution in [1.82, 2.24) is 9.97 Å². The normalized spacial score (nSPS) is 10.6. The summed E-state index contributed by atoms with van der Waals surface area (Å²) in [6.45, 7) is 2.52. The van der Waals surface area contributed by atoms with Crippen molar-refractivity contribution in [3.05, 3.63) is 90.9 Å². The van der Waals surface area contributed by atoms with E-state index in [0.717, 1.165) is 28.0 Å². The Balaban J connectivity index is 1.63. The van der Waals surface area contributed by atoms with Gasteiger partial charge in [-0.25, -0.2) is 0 Å². The van der Waals surface area contributed by atoms with E-state index in [2.05, 4.69) is 15.3 Å². The number of para-hydroxylation sites is 2. The molecule has 28 heavy (non-hydrogen) atoms. The second kappa shape index (κ2) is 7.88. The number of carbonyl (C=O) groups excluding carboxylic acids is 1. The first-order valence-corrected chi connectivity index (χ1v) is 9.20. The molecule has 2 aromatic heterocycles. The minimum Gasteiger partial charge on any atom is -0.354 e. The van der Waals surface area contributed by atoms with Gasteiger partial charge in [0, 0.05) is 35.7 Å². The number of benzene rings is 2. The predicted octanol–water partition coefficient (Wildman–Crippen LogP) is 5.04. The molecular formula is C23H20N4O. The molecule has 0 saturated carbocycles. The number of nitrogens with zero attached hydrogens (tertiary/aromatic N) is 3. The van der Waals surface area contributed by atoms with Gasteiger partial charge < -0.3 is 10.2 Å². The molecule has 0 atom stereocenters. The number of pyridine rings is 2. The maximum absolute atomic E-state index is 13.0. The van der Waals surface area contributed by atoms with Crippen molar-refractivity contribution in [2.24, 2.45) is 0 Å². The number of aromatic nitrogens is 2. The van der Waals surface area contributed by atoms with Crippen molar-refractivity contribution in [2.45, 2.75) is 6.92 Å². The number of fused-ring (bicyclic) bond motifs is 1. The van der Waals surface area contributed by atoms with Gasteiger partial charge in [-0.15, -0.1) is 0 Å². The molecule has 2 heterocycles. The summed E-state index contributed by atoms with van der Waals surface area (Å²) in [5, 5.41) is 4.42. The van der Waals surface area contributed by atoms with Crippen LogP contribution in [-0.4, -0.2) is 22.4 Å². The summed E-state index contributed by atoms with van der Waals surface area (Å²) in [5.41, 5.74) is 3.81. The van der Waals surface area contributed by atoms with E-state index in [-0.39, 0.29) is 5.91 Å². The zero-order valence-electron chi connectivity index (χ0n) is 15.5. The van der Waals surface area contributed by atoms with Gasteiger partial charge in [-0.3, -0.25) is 14.8 Å². The van der Waals surface area contributed by atoms with Crippen molar-refractivity contribution in [2.75, 3.05) is 16.8 Å². The van der Waals surface area contributed by atoms with Crippen LogP contribution in [0.2, 0.25) is 0 Å². The van der Waals surface area contributed by atoms with Crippen LogP contribution in [0.15, 0.2) is 85.2 Å². The minimum absolute atomic E-state index is 0.131. The first-order chi connectivity index (χ1) is 13.8. The lowest BCUT2D eigenvalue weighted by Gasteiger charge is -2.20. The number of nitrogens with one attached hydrogen (secondary N) is 1. The van der Waals surface area contributed by atoms with Crippen LogP contribution in [0.3, 0.4) is 0 Å². The van der Waals surface area contributed by atoms with E-state index in [4.69, 9.17) is 0 Å². The van der Waals surface area contributed by atoms with Crippen LogP contribution in [0.4, 0.5) is 17.1 Å². The van der Waals surface area contributed by atoms with Gasteiger partial charge in [0.15, 0.2) is 0 Å². The van der Waals surface area contributed by atoms with Crippen LogP contribution < -0.4 is 10.2 Å². The van der Waals surface area contributed by atoms with Crippen LogP contribution in [0.5, 0.6) is 0 Å². The van der Waals surface area contributed by atoms with Gasteiger partial charge in [0.05, 0.1) is 11.2 Å². The Morgan fingerprint density at radius 1 is 0.929 bits per heavy atom. The topological polar surface area (TPSA) is 58.1 Å². The highest BCUT2D eigenvalue weighted by atomic mass is 16.2. The maximum atomic E-state index is 13.0. The fourth-order valence-corrected chi connectivity index (χ4v) is 3.18. The van der Waals surface area contributed by atoms with Crippen molar-refractivity contribution >= 4 is 33.9 Å². The quantitative estimate of drug-likeness (QED) is 0.536. The Morgan fingerprint density at radius 2 is 1.75 bits per heavy atom. The molecule has 0 saturated heterocycles. The average Bonchev–Trinajstić information content (AvgIpc) is 2.75. The smallest absolute Gasteiger partial charge is 0.276 e. The Bertz CT molecular complexity index is 1110. The van der Waals surface area contributed by atoms with Crippen LogP contribution in [0.25, 0.3) is 10.9 Å². The standard InChI is InChI=1S/C23H20N4O/c1-2-27(19-10-4-3-5-11-19)23(28)21-16-18(13-15-24-21)26-20-12-6-8-17-9-7-14-25-22(17)20/h3-16H,2H2,1H3,(H,24,26).